The van der Waals surface area contributed by atoms with Gasteiger partial charge in [-0.25, -0.2) is 4.98 Å². The second-order valence-corrected chi connectivity index (χ2v) is 2.36. The molecule has 0 aliphatic heterocycles. The summed E-state index contributed by atoms with van der Waals surface area (Å²) in [7, 11) is 0. The Kier molecular flexibility index (Phi) is 2.63. The second kappa shape index (κ2) is 3.71. The van der Waals surface area contributed by atoms with Gasteiger partial charge < -0.3 is 10.7 Å². The SMILES string of the molecule is CCC(=O)C=C(N)c1ncc[nH]1. The molecular formula is C8H11N3O. The minimum atomic E-state index is 0.00361. The van der Waals surface area contributed by atoms with E-state index in [2.05, 4.69) is 9.97 Å². The van der Waals surface area contributed by atoms with E-state index in [-0.39, 0.29) is 5.78 Å². The number of nitrogens with one attached hydrogen (secondary N) is 1. The van der Waals surface area contributed by atoms with Crippen LogP contribution < -0.4 is 5.73 Å². The summed E-state index contributed by atoms with van der Waals surface area (Å²) in [5, 5.41) is 0. The van der Waals surface area contributed by atoms with Gasteiger partial charge in [0.2, 0.25) is 0 Å². The number of carbonyl (C=O) groups is 1. The van der Waals surface area contributed by atoms with Crippen molar-refractivity contribution in [3.8, 4) is 0 Å². The molecule has 0 spiro atoms. The van der Waals surface area contributed by atoms with Crippen LogP contribution >= 0.6 is 0 Å². The Hall–Kier alpha value is -1.58. The summed E-state index contributed by atoms with van der Waals surface area (Å²) in [6.45, 7) is 1.79. The molecule has 0 atom stereocenters. The van der Waals surface area contributed by atoms with Crippen molar-refractivity contribution in [2.24, 2.45) is 5.73 Å². The van der Waals surface area contributed by atoms with Crippen LogP contribution in [0.1, 0.15) is 19.2 Å². The third-order valence-electron chi connectivity index (χ3n) is 1.44. The molecule has 0 aromatic carbocycles. The van der Waals surface area contributed by atoms with E-state index in [0.29, 0.717) is 17.9 Å². The lowest BCUT2D eigenvalue weighted by atomic mass is 10.2. The minimum absolute atomic E-state index is 0.00361. The zero-order valence-corrected chi connectivity index (χ0v) is 6.87. The van der Waals surface area contributed by atoms with Crippen LogP contribution in [0.3, 0.4) is 0 Å². The molecule has 0 aliphatic rings. The van der Waals surface area contributed by atoms with Gasteiger partial charge in [-0.3, -0.25) is 4.79 Å². The number of nitrogens with zero attached hydrogens (tertiary/aromatic N) is 1. The van der Waals surface area contributed by atoms with Gasteiger partial charge in [0, 0.05) is 24.9 Å². The second-order valence-electron chi connectivity index (χ2n) is 2.36. The first-order chi connectivity index (χ1) is 5.74. The molecule has 0 saturated heterocycles. The summed E-state index contributed by atoms with van der Waals surface area (Å²) >= 11 is 0. The van der Waals surface area contributed by atoms with Gasteiger partial charge in [-0.05, 0) is 0 Å². The third-order valence-corrected chi connectivity index (χ3v) is 1.44. The average molecular weight is 165 g/mol. The molecule has 1 aromatic rings. The molecule has 0 aliphatic carbocycles. The summed E-state index contributed by atoms with van der Waals surface area (Å²) < 4.78 is 0. The highest BCUT2D eigenvalue weighted by Crippen LogP contribution is 2.01. The molecule has 64 valence electrons. The molecule has 4 nitrogen and oxygen atoms in total. The number of hydrogen-bond acceptors (Lipinski definition) is 3. The number of nitrogens with two attached hydrogens (primary N) is 1. The van der Waals surface area contributed by atoms with E-state index in [1.807, 2.05) is 0 Å². The molecule has 0 amide bonds. The third kappa shape index (κ3) is 1.95. The summed E-state index contributed by atoms with van der Waals surface area (Å²) in [4.78, 5) is 17.6. The molecular weight excluding hydrogens is 154 g/mol. The monoisotopic (exact) mass is 165 g/mol. The molecule has 0 saturated carbocycles. The number of rotatable bonds is 3. The molecule has 4 heteroatoms. The largest absolute Gasteiger partial charge is 0.396 e. The molecule has 0 radical (unpaired) electrons. The van der Waals surface area contributed by atoms with Crippen molar-refractivity contribution in [1.82, 2.24) is 9.97 Å². The molecule has 12 heavy (non-hydrogen) atoms. The fourth-order valence-electron chi connectivity index (χ4n) is 0.767. The normalized spacial score (nSPS) is 11.6. The maximum atomic E-state index is 10.9. The number of hydrogen-bond donors (Lipinski definition) is 2. The molecule has 0 fully saturated rings. The van der Waals surface area contributed by atoms with E-state index in [1.165, 1.54) is 6.08 Å². The van der Waals surface area contributed by atoms with Gasteiger partial charge in [0.05, 0.1) is 5.70 Å². The Bertz CT molecular complexity index is 287. The van der Waals surface area contributed by atoms with Gasteiger partial charge in [-0.2, -0.15) is 0 Å². The highest BCUT2D eigenvalue weighted by Gasteiger charge is 2.00. The number of imidazole rings is 1. The van der Waals surface area contributed by atoms with Gasteiger partial charge in [-0.1, -0.05) is 6.92 Å². The predicted octanol–water partition coefficient (Wildman–Crippen LogP) is 0.688. The average Bonchev–Trinajstić information content (AvgIpc) is 2.56. The Balaban J connectivity index is 2.77. The number of carbonyl (C=O) groups excluding carboxylic acids is 1. The van der Waals surface area contributed by atoms with E-state index < -0.39 is 0 Å². The van der Waals surface area contributed by atoms with Gasteiger partial charge in [0.25, 0.3) is 0 Å². The van der Waals surface area contributed by atoms with Crippen LogP contribution in [-0.4, -0.2) is 15.8 Å². The van der Waals surface area contributed by atoms with E-state index in [4.69, 9.17) is 5.73 Å². The van der Waals surface area contributed by atoms with Crippen molar-refractivity contribution >= 4 is 11.5 Å². The van der Waals surface area contributed by atoms with Gasteiger partial charge in [0.15, 0.2) is 11.6 Å². The van der Waals surface area contributed by atoms with Crippen molar-refractivity contribution < 1.29 is 4.79 Å². The molecule has 1 aromatic heterocycles. The maximum absolute atomic E-state index is 10.9. The van der Waals surface area contributed by atoms with Crippen molar-refractivity contribution in [2.45, 2.75) is 13.3 Å². The van der Waals surface area contributed by atoms with Crippen molar-refractivity contribution in [3.05, 3.63) is 24.3 Å². The Morgan fingerprint density at radius 2 is 2.58 bits per heavy atom. The number of ketones is 1. The highest BCUT2D eigenvalue weighted by molar-refractivity contribution is 5.95. The fraction of sp³-hybridized carbons (Fsp3) is 0.250. The van der Waals surface area contributed by atoms with Crippen LogP contribution in [0.4, 0.5) is 0 Å². The summed E-state index contributed by atoms with van der Waals surface area (Å²) in [5.74, 6) is 0.542. The molecule has 0 bridgehead atoms. The van der Waals surface area contributed by atoms with Crippen LogP contribution in [0.25, 0.3) is 5.70 Å². The molecule has 1 rings (SSSR count). The fourth-order valence-corrected chi connectivity index (χ4v) is 0.767. The van der Waals surface area contributed by atoms with E-state index in [1.54, 1.807) is 19.3 Å². The first kappa shape index (κ1) is 8.52. The maximum Gasteiger partial charge on any atom is 0.157 e. The summed E-state index contributed by atoms with van der Waals surface area (Å²) in [6.07, 6.45) is 5.10. The van der Waals surface area contributed by atoms with E-state index in [0.717, 1.165) is 0 Å². The van der Waals surface area contributed by atoms with Crippen LogP contribution in [0, 0.1) is 0 Å². The lowest BCUT2D eigenvalue weighted by Gasteiger charge is -1.94. The van der Waals surface area contributed by atoms with Gasteiger partial charge in [0.1, 0.15) is 0 Å². The van der Waals surface area contributed by atoms with Crippen LogP contribution in [-0.2, 0) is 4.79 Å². The lowest BCUT2D eigenvalue weighted by Crippen LogP contribution is -2.02. The Morgan fingerprint density at radius 1 is 1.83 bits per heavy atom. The predicted molar refractivity (Wildman–Crippen MR) is 46.1 cm³/mol. The van der Waals surface area contributed by atoms with E-state index in [9.17, 15) is 4.79 Å². The number of aromatic nitrogens is 2. The van der Waals surface area contributed by atoms with Crippen molar-refractivity contribution in [3.63, 3.8) is 0 Å². The standard InChI is InChI=1S/C8H11N3O/c1-2-6(12)5-7(9)8-10-3-4-11-8/h3-5H,2,9H2,1H3,(H,10,11). The first-order valence-electron chi connectivity index (χ1n) is 3.73. The number of allylic oxidation sites excluding steroid dienone is 1. The molecule has 1 heterocycles. The number of H-pyrrole nitrogens is 1. The minimum Gasteiger partial charge on any atom is -0.396 e. The van der Waals surface area contributed by atoms with Gasteiger partial charge >= 0.3 is 0 Å². The summed E-state index contributed by atoms with van der Waals surface area (Å²) in [6, 6.07) is 0. The first-order valence-corrected chi connectivity index (χ1v) is 3.73. The van der Waals surface area contributed by atoms with Crippen molar-refractivity contribution in [1.29, 1.82) is 0 Å². The van der Waals surface area contributed by atoms with Crippen LogP contribution in [0.15, 0.2) is 18.5 Å². The van der Waals surface area contributed by atoms with Crippen molar-refractivity contribution in [2.75, 3.05) is 0 Å². The zero-order chi connectivity index (χ0) is 8.97. The topological polar surface area (TPSA) is 71.8 Å². The van der Waals surface area contributed by atoms with Crippen LogP contribution in [0.2, 0.25) is 0 Å². The Labute approximate surface area is 70.5 Å². The highest BCUT2D eigenvalue weighted by atomic mass is 16.1. The van der Waals surface area contributed by atoms with Gasteiger partial charge in [-0.15, -0.1) is 0 Å². The summed E-state index contributed by atoms with van der Waals surface area (Å²) in [5.41, 5.74) is 5.94. The van der Waals surface area contributed by atoms with Crippen LogP contribution in [0.5, 0.6) is 0 Å². The zero-order valence-electron chi connectivity index (χ0n) is 6.87. The number of aromatic amines is 1. The smallest absolute Gasteiger partial charge is 0.157 e. The lowest BCUT2D eigenvalue weighted by molar-refractivity contribution is -0.114. The Morgan fingerprint density at radius 3 is 3.08 bits per heavy atom. The van der Waals surface area contributed by atoms with E-state index >= 15 is 0 Å². The molecule has 3 N–H and O–H groups in total. The quantitative estimate of drug-likeness (QED) is 0.647. The molecule has 0 unspecified atom stereocenters.